The molecule has 0 aliphatic carbocycles. The van der Waals surface area contributed by atoms with Crippen LogP contribution < -0.4 is 10.3 Å². The second-order valence-electron chi connectivity index (χ2n) is 7.54. The van der Waals surface area contributed by atoms with Gasteiger partial charge in [-0.05, 0) is 49.5 Å². The van der Waals surface area contributed by atoms with Gasteiger partial charge >= 0.3 is 0 Å². The van der Waals surface area contributed by atoms with E-state index >= 15 is 0 Å². The molecule has 0 fully saturated rings. The van der Waals surface area contributed by atoms with Gasteiger partial charge in [-0.3, -0.25) is 9.78 Å². The highest BCUT2D eigenvalue weighted by Crippen LogP contribution is 2.37. The van der Waals surface area contributed by atoms with Crippen LogP contribution in [0.1, 0.15) is 0 Å². The molecule has 0 amide bonds. The third-order valence-electron chi connectivity index (χ3n) is 5.05. The zero-order chi connectivity index (χ0) is 21.6. The zero-order valence-electron chi connectivity index (χ0n) is 17.7. The van der Waals surface area contributed by atoms with E-state index in [1.54, 1.807) is 12.4 Å². The van der Waals surface area contributed by atoms with Crippen molar-refractivity contribution in [1.82, 2.24) is 14.9 Å². The molecule has 0 aliphatic heterocycles. The molecule has 5 heteroatoms. The number of pyridine rings is 2. The Morgan fingerprint density at radius 2 is 1.58 bits per heavy atom. The van der Waals surface area contributed by atoms with E-state index in [9.17, 15) is 4.79 Å². The van der Waals surface area contributed by atoms with Gasteiger partial charge in [0.1, 0.15) is 12.4 Å². The number of nitrogens with zero attached hydrogens (tertiary/aromatic N) is 2. The Balaban J connectivity index is 1.81. The van der Waals surface area contributed by atoms with E-state index in [1.807, 2.05) is 86.9 Å². The van der Waals surface area contributed by atoms with E-state index in [-0.39, 0.29) is 5.56 Å². The Morgan fingerprint density at radius 3 is 2.26 bits per heavy atom. The Labute approximate surface area is 182 Å². The van der Waals surface area contributed by atoms with Gasteiger partial charge in [-0.1, -0.05) is 48.5 Å². The van der Waals surface area contributed by atoms with Gasteiger partial charge < -0.3 is 14.6 Å². The maximum Gasteiger partial charge on any atom is 0.256 e. The van der Waals surface area contributed by atoms with Crippen molar-refractivity contribution in [1.29, 1.82) is 0 Å². The molecule has 5 nitrogen and oxygen atoms in total. The first-order chi connectivity index (χ1) is 15.1. The number of aromatic nitrogens is 2. The smallest absolute Gasteiger partial charge is 0.256 e. The van der Waals surface area contributed by atoms with E-state index in [2.05, 4.69) is 14.9 Å². The lowest BCUT2D eigenvalue weighted by Gasteiger charge is -2.15. The van der Waals surface area contributed by atoms with Crippen LogP contribution in [0.4, 0.5) is 0 Å². The van der Waals surface area contributed by atoms with Gasteiger partial charge in [0.25, 0.3) is 5.56 Å². The van der Waals surface area contributed by atoms with Crippen LogP contribution in [0.25, 0.3) is 33.5 Å². The molecule has 0 aliphatic rings. The summed E-state index contributed by atoms with van der Waals surface area (Å²) in [6.07, 6.45) is 3.50. The quantitative estimate of drug-likeness (QED) is 0.478. The normalized spacial score (nSPS) is 10.9. The summed E-state index contributed by atoms with van der Waals surface area (Å²) < 4.78 is 5.81. The highest BCUT2D eigenvalue weighted by Gasteiger charge is 2.18. The van der Waals surface area contributed by atoms with Crippen LogP contribution >= 0.6 is 0 Å². The maximum atomic E-state index is 13.0. The van der Waals surface area contributed by atoms with Crippen molar-refractivity contribution in [3.63, 3.8) is 0 Å². The lowest BCUT2D eigenvalue weighted by molar-refractivity contribution is 0.261. The second-order valence-corrected chi connectivity index (χ2v) is 7.54. The minimum absolute atomic E-state index is 0.139. The molecule has 31 heavy (non-hydrogen) atoms. The number of hydrogen-bond donors (Lipinski definition) is 1. The van der Waals surface area contributed by atoms with Crippen molar-refractivity contribution in [3.8, 4) is 39.3 Å². The molecule has 2 aromatic carbocycles. The fourth-order valence-electron chi connectivity index (χ4n) is 3.50. The number of rotatable bonds is 7. The molecule has 0 unspecified atom stereocenters. The summed E-state index contributed by atoms with van der Waals surface area (Å²) in [6.45, 7) is 1.45. The molecule has 4 aromatic rings. The van der Waals surface area contributed by atoms with Crippen molar-refractivity contribution < 1.29 is 4.74 Å². The van der Waals surface area contributed by atoms with Crippen molar-refractivity contribution in [2.24, 2.45) is 0 Å². The van der Waals surface area contributed by atoms with Crippen LogP contribution in [-0.2, 0) is 0 Å². The van der Waals surface area contributed by atoms with Gasteiger partial charge in [-0.15, -0.1) is 0 Å². The summed E-state index contributed by atoms with van der Waals surface area (Å²) in [6, 6.07) is 23.4. The predicted octanol–water partition coefficient (Wildman–Crippen LogP) is 4.71. The van der Waals surface area contributed by atoms with Gasteiger partial charge in [-0.25, -0.2) is 0 Å². The lowest BCUT2D eigenvalue weighted by atomic mass is 9.91. The van der Waals surface area contributed by atoms with E-state index < -0.39 is 0 Å². The first-order valence-corrected chi connectivity index (χ1v) is 10.2. The molecular formula is C26H25N3O2. The molecule has 0 saturated heterocycles. The fraction of sp³-hybridized carbons (Fsp3) is 0.154. The van der Waals surface area contributed by atoms with Gasteiger partial charge in [-0.2, -0.15) is 0 Å². The van der Waals surface area contributed by atoms with E-state index in [4.69, 9.17) is 4.74 Å². The first-order valence-electron chi connectivity index (χ1n) is 10.2. The van der Waals surface area contributed by atoms with E-state index in [0.717, 1.165) is 40.2 Å². The summed E-state index contributed by atoms with van der Waals surface area (Å²) >= 11 is 0. The minimum Gasteiger partial charge on any atom is -0.492 e. The number of likely N-dealkylation sites (N-methyl/N-ethyl adjacent to an activating group) is 1. The Kier molecular flexibility index (Phi) is 6.24. The van der Waals surface area contributed by atoms with Crippen molar-refractivity contribution in [2.75, 3.05) is 27.2 Å². The monoisotopic (exact) mass is 411 g/mol. The SMILES string of the molecule is CN(C)CCOc1ccc(-c2c(-c3ccccc3)c(-c3ccccn3)c[nH]c2=O)cc1. The average Bonchev–Trinajstić information content (AvgIpc) is 2.80. The number of H-pyrrole nitrogens is 1. The number of aromatic amines is 1. The summed E-state index contributed by atoms with van der Waals surface area (Å²) in [7, 11) is 4.02. The van der Waals surface area contributed by atoms with Crippen LogP contribution in [0.15, 0.2) is 90.0 Å². The summed E-state index contributed by atoms with van der Waals surface area (Å²) in [5, 5.41) is 0. The first kappa shape index (κ1) is 20.6. The number of nitrogens with one attached hydrogen (secondary N) is 1. The largest absolute Gasteiger partial charge is 0.492 e. The highest BCUT2D eigenvalue weighted by molar-refractivity contribution is 5.92. The van der Waals surface area contributed by atoms with Crippen molar-refractivity contribution in [2.45, 2.75) is 0 Å². The second kappa shape index (κ2) is 9.41. The standard InChI is InChI=1S/C26H25N3O2/c1-29(2)16-17-31-21-13-11-20(12-14-21)25-24(19-8-4-3-5-9-19)22(18-28-26(25)30)23-10-6-7-15-27-23/h3-15,18H,16-17H2,1-2H3,(H,28,30). The van der Waals surface area contributed by atoms with Crippen LogP contribution in [0.3, 0.4) is 0 Å². The van der Waals surface area contributed by atoms with Gasteiger partial charge in [0.05, 0.1) is 11.3 Å². The summed E-state index contributed by atoms with van der Waals surface area (Å²) in [4.78, 5) is 22.5. The molecule has 0 atom stereocenters. The third kappa shape index (κ3) is 4.73. The lowest BCUT2D eigenvalue weighted by Crippen LogP contribution is -2.19. The van der Waals surface area contributed by atoms with Crippen LogP contribution in [0.5, 0.6) is 5.75 Å². The maximum absolute atomic E-state index is 13.0. The van der Waals surface area contributed by atoms with E-state index in [0.29, 0.717) is 12.2 Å². The molecule has 1 N–H and O–H groups in total. The van der Waals surface area contributed by atoms with Crippen molar-refractivity contribution >= 4 is 0 Å². The molecule has 2 heterocycles. The number of hydrogen-bond acceptors (Lipinski definition) is 4. The molecule has 0 spiro atoms. The summed E-state index contributed by atoms with van der Waals surface area (Å²) in [5.74, 6) is 0.782. The predicted molar refractivity (Wildman–Crippen MR) is 125 cm³/mol. The fourth-order valence-corrected chi connectivity index (χ4v) is 3.50. The summed E-state index contributed by atoms with van der Waals surface area (Å²) in [5.41, 5.74) is 4.84. The third-order valence-corrected chi connectivity index (χ3v) is 5.05. The molecule has 0 bridgehead atoms. The van der Waals surface area contributed by atoms with Crippen LogP contribution in [0, 0.1) is 0 Å². The Hall–Kier alpha value is -3.70. The van der Waals surface area contributed by atoms with Crippen molar-refractivity contribution in [3.05, 3.63) is 95.5 Å². The zero-order valence-corrected chi connectivity index (χ0v) is 17.7. The van der Waals surface area contributed by atoms with Crippen LogP contribution in [0.2, 0.25) is 0 Å². The van der Waals surface area contributed by atoms with Gasteiger partial charge in [0.15, 0.2) is 0 Å². The molecule has 156 valence electrons. The minimum atomic E-state index is -0.139. The Bertz CT molecular complexity index is 1190. The number of ether oxygens (including phenoxy) is 1. The van der Waals surface area contributed by atoms with Gasteiger partial charge in [0.2, 0.25) is 0 Å². The number of benzene rings is 2. The Morgan fingerprint density at radius 1 is 0.871 bits per heavy atom. The molecule has 2 aromatic heterocycles. The van der Waals surface area contributed by atoms with E-state index in [1.165, 1.54) is 0 Å². The average molecular weight is 412 g/mol. The van der Waals surface area contributed by atoms with Gasteiger partial charge in [0, 0.05) is 30.1 Å². The molecular weight excluding hydrogens is 386 g/mol. The highest BCUT2D eigenvalue weighted by atomic mass is 16.5. The molecule has 0 saturated carbocycles. The van der Waals surface area contributed by atoms with Crippen LogP contribution in [-0.4, -0.2) is 42.1 Å². The molecule has 4 rings (SSSR count). The topological polar surface area (TPSA) is 58.2 Å². The molecule has 0 radical (unpaired) electrons.